The van der Waals surface area contributed by atoms with Crippen molar-refractivity contribution in [3.63, 3.8) is 0 Å². The molecule has 2 atom stereocenters. The van der Waals surface area contributed by atoms with E-state index < -0.39 is 22.6 Å². The van der Waals surface area contributed by atoms with E-state index in [2.05, 4.69) is 46.8 Å². The molecule has 0 fully saturated rings. The standard InChI is InChI=1S/C26H47O3PS/c1-6-10-18-30(19-11-7-2,20-12-8-3)21-17-26(31(27,28)29)22-24-13-15-25(16-14-24)23(5)9-4/h13-16,23,26H,6-12,17-22H2,1-5H3. The second-order valence-electron chi connectivity index (χ2n) is 9.46. The fourth-order valence-corrected chi connectivity index (χ4v) is 10.5. The normalized spacial score (nSPS) is 14.5. The lowest BCUT2D eigenvalue weighted by molar-refractivity contribution is 0.444. The van der Waals surface area contributed by atoms with Crippen LogP contribution in [0.3, 0.4) is 0 Å². The van der Waals surface area contributed by atoms with Gasteiger partial charge in [-0.15, -0.1) is 0 Å². The molecule has 0 heterocycles. The van der Waals surface area contributed by atoms with Gasteiger partial charge in [0.15, 0.2) is 0 Å². The highest BCUT2D eigenvalue weighted by atomic mass is 32.2. The quantitative estimate of drug-likeness (QED) is 0.175. The van der Waals surface area contributed by atoms with Crippen molar-refractivity contribution in [1.29, 1.82) is 0 Å². The monoisotopic (exact) mass is 470 g/mol. The Hall–Kier alpha value is -0.440. The van der Waals surface area contributed by atoms with E-state index in [1.54, 1.807) is 0 Å². The third-order valence-electron chi connectivity index (χ3n) is 6.92. The Balaban J connectivity index is 2.99. The maximum absolute atomic E-state index is 12.2. The minimum atomic E-state index is -4.31. The molecule has 1 rings (SSSR count). The van der Waals surface area contributed by atoms with Crippen molar-refractivity contribution >= 4 is 17.4 Å². The predicted molar refractivity (Wildman–Crippen MR) is 138 cm³/mol. The molecule has 5 heteroatoms. The second kappa shape index (κ2) is 14.7. The van der Waals surface area contributed by atoms with Gasteiger partial charge in [-0.05, 0) is 55.6 Å². The molecule has 0 aliphatic heterocycles. The average Bonchev–Trinajstić information content (AvgIpc) is 2.76. The van der Waals surface area contributed by atoms with Gasteiger partial charge in [0.25, 0.3) is 0 Å². The summed E-state index contributed by atoms with van der Waals surface area (Å²) < 4.78 is 36.5. The van der Waals surface area contributed by atoms with Gasteiger partial charge in [0, 0.05) is 7.26 Å². The molecule has 3 nitrogen and oxygen atoms in total. The van der Waals surface area contributed by atoms with E-state index in [1.807, 2.05) is 12.1 Å². The Morgan fingerprint density at radius 3 is 1.71 bits per heavy atom. The van der Waals surface area contributed by atoms with Crippen LogP contribution in [0.2, 0.25) is 0 Å². The Bertz CT molecular complexity index is 678. The maximum Gasteiger partial charge on any atom is 0.0980 e. The first-order chi connectivity index (χ1) is 14.7. The number of hydrogen-bond donors (Lipinski definition) is 0. The number of hydrogen-bond acceptors (Lipinski definition) is 3. The molecular formula is C26H47O3PS. The van der Waals surface area contributed by atoms with E-state index in [-0.39, 0.29) is 0 Å². The van der Waals surface area contributed by atoms with Crippen LogP contribution in [-0.4, -0.2) is 42.9 Å². The molecule has 0 radical (unpaired) electrons. The van der Waals surface area contributed by atoms with Crippen molar-refractivity contribution in [2.24, 2.45) is 0 Å². The zero-order chi connectivity index (χ0) is 23.3. The van der Waals surface area contributed by atoms with Crippen LogP contribution in [0.1, 0.15) is 103 Å². The smallest absolute Gasteiger partial charge is 0.0980 e. The van der Waals surface area contributed by atoms with Crippen LogP contribution >= 0.6 is 7.26 Å². The second-order valence-corrected chi connectivity index (χ2v) is 15.6. The average molecular weight is 471 g/mol. The van der Waals surface area contributed by atoms with Crippen molar-refractivity contribution in [1.82, 2.24) is 0 Å². The Kier molecular flexibility index (Phi) is 13.5. The van der Waals surface area contributed by atoms with Crippen LogP contribution in [0.5, 0.6) is 0 Å². The lowest BCUT2D eigenvalue weighted by Crippen LogP contribution is -2.26. The molecule has 180 valence electrons. The van der Waals surface area contributed by atoms with Gasteiger partial charge < -0.3 is 4.55 Å². The van der Waals surface area contributed by atoms with E-state index in [0.29, 0.717) is 18.8 Å². The predicted octanol–water partition coefficient (Wildman–Crippen LogP) is 7.46. The van der Waals surface area contributed by atoms with E-state index >= 15 is 0 Å². The van der Waals surface area contributed by atoms with E-state index in [9.17, 15) is 13.0 Å². The van der Waals surface area contributed by atoms with Crippen molar-refractivity contribution < 1.29 is 13.0 Å². The van der Waals surface area contributed by atoms with Crippen molar-refractivity contribution in [3.05, 3.63) is 35.4 Å². The van der Waals surface area contributed by atoms with Gasteiger partial charge in [-0.3, -0.25) is 0 Å². The molecule has 1 aromatic rings. The molecule has 2 unspecified atom stereocenters. The zero-order valence-corrected chi connectivity index (χ0v) is 22.4. The molecule has 0 N–H and O–H groups in total. The fraction of sp³-hybridized carbons (Fsp3) is 0.769. The summed E-state index contributed by atoms with van der Waals surface area (Å²) in [6, 6.07) is 8.23. The van der Waals surface area contributed by atoms with Gasteiger partial charge in [-0.2, -0.15) is 0 Å². The summed E-state index contributed by atoms with van der Waals surface area (Å²) in [4.78, 5) is 0. The zero-order valence-electron chi connectivity index (χ0n) is 20.7. The van der Waals surface area contributed by atoms with Gasteiger partial charge in [0.1, 0.15) is 0 Å². The molecule has 0 aliphatic carbocycles. The first-order valence-electron chi connectivity index (χ1n) is 12.6. The molecule has 0 saturated heterocycles. The lowest BCUT2D eigenvalue weighted by Gasteiger charge is -2.30. The van der Waals surface area contributed by atoms with E-state index in [1.165, 1.54) is 62.6 Å². The number of benzene rings is 1. The third-order valence-corrected chi connectivity index (χ3v) is 13.1. The van der Waals surface area contributed by atoms with Crippen molar-refractivity contribution in [2.45, 2.75) is 104 Å². The highest BCUT2D eigenvalue weighted by Gasteiger charge is 2.36. The topological polar surface area (TPSA) is 57.2 Å². The summed E-state index contributed by atoms with van der Waals surface area (Å²) in [5, 5.41) is -0.800. The minimum Gasteiger partial charge on any atom is -0.748 e. The fourth-order valence-electron chi connectivity index (χ4n) is 4.40. The Morgan fingerprint density at radius 2 is 1.32 bits per heavy atom. The summed E-state index contributed by atoms with van der Waals surface area (Å²) >= 11 is 0. The first kappa shape index (κ1) is 28.6. The summed E-state index contributed by atoms with van der Waals surface area (Å²) in [5.74, 6) is 0.495. The summed E-state index contributed by atoms with van der Waals surface area (Å²) in [7, 11) is -5.51. The third kappa shape index (κ3) is 10.4. The molecule has 0 amide bonds. The largest absolute Gasteiger partial charge is 0.748 e. The SMILES string of the molecule is CCCC[P+](CCCC)(CCCC)CCC(Cc1ccc(C(C)CC)cc1)S(=O)(=O)[O-]. The van der Waals surface area contributed by atoms with Gasteiger partial charge in [0.2, 0.25) is 0 Å². The molecule has 31 heavy (non-hydrogen) atoms. The summed E-state index contributed by atoms with van der Waals surface area (Å²) in [6.45, 7) is 11.1. The Morgan fingerprint density at radius 1 is 0.839 bits per heavy atom. The number of unbranched alkanes of at least 4 members (excludes halogenated alkanes) is 3. The van der Waals surface area contributed by atoms with Gasteiger partial charge >= 0.3 is 0 Å². The lowest BCUT2D eigenvalue weighted by atomic mass is 9.96. The molecule has 0 aliphatic rings. The maximum atomic E-state index is 12.2. The molecule has 1 aromatic carbocycles. The van der Waals surface area contributed by atoms with Crippen LogP contribution < -0.4 is 0 Å². The molecule has 0 saturated carbocycles. The van der Waals surface area contributed by atoms with Crippen LogP contribution in [0.15, 0.2) is 24.3 Å². The van der Waals surface area contributed by atoms with Crippen molar-refractivity contribution in [3.8, 4) is 0 Å². The molecular weight excluding hydrogens is 423 g/mol. The highest BCUT2D eigenvalue weighted by molar-refractivity contribution is 7.86. The van der Waals surface area contributed by atoms with Crippen LogP contribution in [0.25, 0.3) is 0 Å². The van der Waals surface area contributed by atoms with Gasteiger partial charge in [-0.25, -0.2) is 8.42 Å². The van der Waals surface area contributed by atoms with Crippen LogP contribution in [0, 0.1) is 0 Å². The Labute approximate surface area is 193 Å². The molecule has 0 bridgehead atoms. The first-order valence-corrected chi connectivity index (χ1v) is 16.6. The number of rotatable bonds is 17. The van der Waals surface area contributed by atoms with Gasteiger partial charge in [-0.1, -0.05) is 78.1 Å². The van der Waals surface area contributed by atoms with Crippen molar-refractivity contribution in [2.75, 3.05) is 24.6 Å². The highest BCUT2D eigenvalue weighted by Crippen LogP contribution is 2.61. The van der Waals surface area contributed by atoms with Gasteiger partial charge in [0.05, 0.1) is 40.0 Å². The minimum absolute atomic E-state index is 0.349. The van der Waals surface area contributed by atoms with E-state index in [4.69, 9.17) is 0 Å². The molecule has 0 spiro atoms. The van der Waals surface area contributed by atoms with Crippen LogP contribution in [-0.2, 0) is 16.5 Å². The molecule has 0 aromatic heterocycles. The van der Waals surface area contributed by atoms with E-state index in [0.717, 1.165) is 18.1 Å². The van der Waals surface area contributed by atoms with Crippen LogP contribution in [0.4, 0.5) is 0 Å². The summed E-state index contributed by atoms with van der Waals surface area (Å²) in [5.41, 5.74) is 2.24. The summed E-state index contributed by atoms with van der Waals surface area (Å²) in [6.07, 6.45) is 14.0.